The van der Waals surface area contributed by atoms with Crippen molar-refractivity contribution in [1.82, 2.24) is 0 Å². The van der Waals surface area contributed by atoms with Gasteiger partial charge in [0.15, 0.2) is 0 Å². The Hall–Kier alpha value is -1.58. The Morgan fingerprint density at radius 1 is 1.50 bits per heavy atom. The molecule has 3 nitrogen and oxygen atoms in total. The maximum absolute atomic E-state index is 11.1. The quantitative estimate of drug-likeness (QED) is 0.515. The average Bonchev–Trinajstić information content (AvgIpc) is 2.05. The largest absolute Gasteiger partial charge is 0.399 e. The summed E-state index contributed by atoms with van der Waals surface area (Å²) in [5.41, 5.74) is 5.40. The molecular formula is C8H10FNO2. The second-order valence-electron chi connectivity index (χ2n) is 1.93. The van der Waals surface area contributed by atoms with Gasteiger partial charge in [-0.15, -0.1) is 0 Å². The van der Waals surface area contributed by atoms with E-state index in [4.69, 9.17) is 5.73 Å². The molecule has 0 radical (unpaired) electrons. The molecular weight excluding hydrogens is 161 g/mol. The monoisotopic (exact) mass is 171 g/mol. The molecule has 0 rings (SSSR count). The normalized spacial score (nSPS) is 12.7. The van der Waals surface area contributed by atoms with E-state index >= 15 is 0 Å². The number of halogens is 1. The summed E-state index contributed by atoms with van der Waals surface area (Å²) in [4.78, 5) is 13.1. The zero-order chi connectivity index (χ0) is 9.40. The van der Waals surface area contributed by atoms with Crippen molar-refractivity contribution < 1.29 is 14.3 Å². The van der Waals surface area contributed by atoms with Gasteiger partial charge in [0, 0.05) is 16.3 Å². The molecule has 0 aromatic heterocycles. The third-order valence-electron chi connectivity index (χ3n) is 0.953. The zero-order valence-corrected chi connectivity index (χ0v) is 6.66. The van der Waals surface area contributed by atoms with Crippen LogP contribution in [0.1, 0.15) is 6.92 Å². The Bertz CT molecular complexity index is 231. The fourth-order valence-electron chi connectivity index (χ4n) is 0.484. The second kappa shape index (κ2) is 6.15. The molecule has 12 heavy (non-hydrogen) atoms. The van der Waals surface area contributed by atoms with E-state index in [0.717, 1.165) is 6.08 Å². The molecule has 2 N–H and O–H groups in total. The molecule has 0 aliphatic heterocycles. The van der Waals surface area contributed by atoms with Gasteiger partial charge in [0.05, 0.1) is 0 Å². The topological polar surface area (TPSA) is 52.3 Å². The van der Waals surface area contributed by atoms with Crippen LogP contribution in [-0.2, 0) is 9.74 Å². The van der Waals surface area contributed by atoms with Crippen LogP contribution in [0.4, 0.5) is 4.53 Å². The SMILES string of the molecule is C\C=C/C=C\C(N)=C\C(=O)OF. The van der Waals surface area contributed by atoms with E-state index in [1.54, 1.807) is 18.2 Å². The third kappa shape index (κ3) is 5.22. The summed E-state index contributed by atoms with van der Waals surface area (Å²) in [6.07, 6.45) is 7.44. The maximum Gasteiger partial charge on any atom is 0.374 e. The van der Waals surface area contributed by atoms with Crippen LogP contribution in [0.3, 0.4) is 0 Å². The first-order valence-electron chi connectivity index (χ1n) is 3.29. The summed E-state index contributed by atoms with van der Waals surface area (Å²) in [7, 11) is 0. The summed E-state index contributed by atoms with van der Waals surface area (Å²) >= 11 is 0. The van der Waals surface area contributed by atoms with Crippen LogP contribution in [0.25, 0.3) is 0 Å². The van der Waals surface area contributed by atoms with E-state index in [2.05, 4.69) is 4.94 Å². The van der Waals surface area contributed by atoms with Crippen molar-refractivity contribution in [2.45, 2.75) is 6.92 Å². The first-order chi connectivity index (χ1) is 5.70. The molecule has 0 fully saturated rings. The van der Waals surface area contributed by atoms with Crippen LogP contribution >= 0.6 is 0 Å². The lowest BCUT2D eigenvalue weighted by Gasteiger charge is -1.88. The van der Waals surface area contributed by atoms with Crippen LogP contribution in [0.15, 0.2) is 36.1 Å². The van der Waals surface area contributed by atoms with Crippen LogP contribution < -0.4 is 5.73 Å². The number of hydrogen-bond acceptors (Lipinski definition) is 3. The molecule has 0 saturated carbocycles. The lowest BCUT2D eigenvalue weighted by molar-refractivity contribution is -0.176. The van der Waals surface area contributed by atoms with Crippen LogP contribution in [-0.4, -0.2) is 5.97 Å². The summed E-state index contributed by atoms with van der Waals surface area (Å²) in [5.74, 6) is -1.11. The molecule has 66 valence electrons. The Labute approximate surface area is 69.9 Å². The van der Waals surface area contributed by atoms with Crippen molar-refractivity contribution in [1.29, 1.82) is 0 Å². The molecule has 0 bridgehead atoms. The number of allylic oxidation sites excluding steroid dienone is 4. The van der Waals surface area contributed by atoms with Crippen molar-refractivity contribution in [3.8, 4) is 0 Å². The lowest BCUT2D eigenvalue weighted by Crippen LogP contribution is -1.99. The number of carbonyl (C=O) groups excluding carboxylic acids is 1. The first-order valence-corrected chi connectivity index (χ1v) is 3.29. The molecule has 0 aromatic carbocycles. The van der Waals surface area contributed by atoms with E-state index in [9.17, 15) is 9.32 Å². The van der Waals surface area contributed by atoms with Gasteiger partial charge < -0.3 is 5.73 Å². The maximum atomic E-state index is 11.1. The minimum Gasteiger partial charge on any atom is -0.399 e. The molecule has 0 unspecified atom stereocenters. The van der Waals surface area contributed by atoms with Crippen LogP contribution in [0, 0.1) is 0 Å². The van der Waals surface area contributed by atoms with Crippen molar-refractivity contribution in [3.05, 3.63) is 36.1 Å². The Morgan fingerprint density at radius 2 is 2.17 bits per heavy atom. The first kappa shape index (κ1) is 10.4. The summed E-state index contributed by atoms with van der Waals surface area (Å²) in [6, 6.07) is 0. The van der Waals surface area contributed by atoms with Gasteiger partial charge in [0.25, 0.3) is 0 Å². The van der Waals surface area contributed by atoms with Gasteiger partial charge in [0.2, 0.25) is 0 Å². The number of carbonyl (C=O) groups is 1. The van der Waals surface area contributed by atoms with E-state index in [1.807, 2.05) is 6.92 Å². The molecule has 4 heteroatoms. The van der Waals surface area contributed by atoms with Crippen molar-refractivity contribution in [2.24, 2.45) is 5.73 Å². The molecule has 0 amide bonds. The minimum absolute atomic E-state index is 0.135. The smallest absolute Gasteiger partial charge is 0.374 e. The van der Waals surface area contributed by atoms with Gasteiger partial charge in [-0.25, -0.2) is 9.74 Å². The number of nitrogens with two attached hydrogens (primary N) is 1. The highest BCUT2D eigenvalue weighted by molar-refractivity contribution is 5.82. The summed E-state index contributed by atoms with van der Waals surface area (Å²) in [6.45, 7) is 1.83. The highest BCUT2D eigenvalue weighted by Crippen LogP contribution is 1.90. The molecule has 0 spiro atoms. The lowest BCUT2D eigenvalue weighted by atomic mass is 10.3. The van der Waals surface area contributed by atoms with E-state index in [-0.39, 0.29) is 5.70 Å². The van der Waals surface area contributed by atoms with Gasteiger partial charge in [-0.2, -0.15) is 0 Å². The van der Waals surface area contributed by atoms with Gasteiger partial charge in [-0.05, 0) is 13.0 Å². The Balaban J connectivity index is 4.10. The number of rotatable bonds is 3. The molecule has 0 aliphatic carbocycles. The van der Waals surface area contributed by atoms with Gasteiger partial charge in [-0.1, -0.05) is 18.2 Å². The molecule has 0 saturated heterocycles. The second-order valence-corrected chi connectivity index (χ2v) is 1.93. The Kier molecular flexibility index (Phi) is 5.34. The third-order valence-corrected chi connectivity index (χ3v) is 0.953. The van der Waals surface area contributed by atoms with Gasteiger partial charge in [0.1, 0.15) is 0 Å². The molecule has 0 atom stereocenters. The predicted octanol–water partition coefficient (Wildman–Crippen LogP) is 1.39. The van der Waals surface area contributed by atoms with Crippen LogP contribution in [0.2, 0.25) is 0 Å². The molecule has 0 aromatic rings. The highest BCUT2D eigenvalue weighted by atomic mass is 19.3. The van der Waals surface area contributed by atoms with E-state index in [0.29, 0.717) is 0 Å². The minimum atomic E-state index is -1.11. The fraction of sp³-hybridized carbons (Fsp3) is 0.125. The zero-order valence-electron chi connectivity index (χ0n) is 6.66. The van der Waals surface area contributed by atoms with Crippen LogP contribution in [0.5, 0.6) is 0 Å². The van der Waals surface area contributed by atoms with Crippen molar-refractivity contribution in [2.75, 3.05) is 0 Å². The number of hydrogen-bond donors (Lipinski definition) is 1. The molecule has 0 aliphatic rings. The van der Waals surface area contributed by atoms with E-state index < -0.39 is 5.97 Å². The van der Waals surface area contributed by atoms with Crippen molar-refractivity contribution in [3.63, 3.8) is 0 Å². The van der Waals surface area contributed by atoms with Crippen molar-refractivity contribution >= 4 is 5.97 Å². The standard InChI is InChI=1S/C8H10FNO2/c1-2-3-4-5-7(10)6-8(11)12-9/h2-6H,10H2,1H3/b3-2-,5-4-,7-6-. The summed E-state index contributed by atoms with van der Waals surface area (Å²) in [5, 5.41) is 0. The van der Waals surface area contributed by atoms with E-state index in [1.165, 1.54) is 6.08 Å². The predicted molar refractivity (Wildman–Crippen MR) is 43.4 cm³/mol. The molecule has 0 heterocycles. The fourth-order valence-corrected chi connectivity index (χ4v) is 0.484. The van der Waals surface area contributed by atoms with Gasteiger partial charge in [-0.3, -0.25) is 0 Å². The Morgan fingerprint density at radius 3 is 2.67 bits per heavy atom. The highest BCUT2D eigenvalue weighted by Gasteiger charge is 1.95. The van der Waals surface area contributed by atoms with Gasteiger partial charge >= 0.3 is 5.97 Å². The average molecular weight is 171 g/mol. The summed E-state index contributed by atoms with van der Waals surface area (Å²) < 4.78 is 11.1.